The Kier molecular flexibility index (Phi) is 30.7. The zero-order chi connectivity index (χ0) is 67.8. The molecule has 506 valence electrons. The Hall–Kier alpha value is -2.48. The van der Waals surface area contributed by atoms with Crippen LogP contribution >= 0.6 is 0 Å². The Labute approximate surface area is 533 Å². The van der Waals surface area contributed by atoms with Gasteiger partial charge in [0, 0.05) is 63.2 Å². The molecule has 0 aromatic heterocycles. The van der Waals surface area contributed by atoms with E-state index in [0.29, 0.717) is 31.7 Å². The fraction of sp³-hybridized carbons (Fsp3) is 0.750. The standard InChI is InChI=1S/C52H103NO25Si10/c1-41(2)46(55)61-33-26-31-52(10)67-84(21,39-28-35-62-47(56)42(3)4)76-88(25,72-79(12,13)60-11)78-87(24,69-52)74-82(18,19)71-80(14,15)70-81(16,17)73-86(23)68-51(9,32-27-34-65-50(59)45(8)54)66-83(20,38-29-37-64-49(58)44(7)53)75-85(22,77-86)40-30-36-63-48(57)43(5)6/h53H,1,3,5,26-40H2,2,4,6-25H3. The average molecular weight is 1420 g/mol. The maximum Gasteiger partial charge on any atom is 0.483 e. The van der Waals surface area contributed by atoms with Gasteiger partial charge in [0.2, 0.25) is 5.78 Å². The molecule has 2 fully saturated rings. The monoisotopic (exact) mass is 1420 g/mol. The number of carbonyl (C=O) groups excluding carboxylic acids is 6. The predicted octanol–water partition coefficient (Wildman–Crippen LogP) is 9.84. The highest BCUT2D eigenvalue weighted by Gasteiger charge is 2.63. The third-order valence-corrected chi connectivity index (χ3v) is 51.9. The Morgan fingerprint density at radius 3 is 1.10 bits per heavy atom. The van der Waals surface area contributed by atoms with E-state index in [1.807, 2.05) is 72.0 Å². The van der Waals surface area contributed by atoms with Crippen molar-refractivity contribution in [2.24, 2.45) is 0 Å². The molecule has 88 heavy (non-hydrogen) atoms. The molecule has 0 aromatic rings. The van der Waals surface area contributed by atoms with Crippen LogP contribution in [-0.2, 0) is 112 Å². The minimum Gasteiger partial charge on any atom is -0.462 e. The number of rotatable bonds is 36. The van der Waals surface area contributed by atoms with Crippen molar-refractivity contribution in [2.45, 2.75) is 215 Å². The Morgan fingerprint density at radius 1 is 0.420 bits per heavy atom. The maximum absolute atomic E-state index is 12.5. The molecular weight excluding hydrogens is 1320 g/mol. The van der Waals surface area contributed by atoms with Crippen molar-refractivity contribution < 1.29 is 112 Å². The highest BCUT2D eigenvalue weighted by Crippen LogP contribution is 2.43. The van der Waals surface area contributed by atoms with Crippen LogP contribution in [0, 0.1) is 5.41 Å². The van der Waals surface area contributed by atoms with Crippen molar-refractivity contribution in [3.05, 3.63) is 36.5 Å². The third kappa shape index (κ3) is 29.6. The van der Waals surface area contributed by atoms with Gasteiger partial charge in [0.25, 0.3) is 0 Å². The van der Waals surface area contributed by atoms with E-state index in [1.54, 1.807) is 61.4 Å². The molecule has 26 nitrogen and oxygen atoms in total. The molecule has 0 aromatic carbocycles. The summed E-state index contributed by atoms with van der Waals surface area (Å²) in [6.07, 6.45) is 1.76. The molecule has 2 aliphatic heterocycles. The summed E-state index contributed by atoms with van der Waals surface area (Å²) in [5, 5.41) is 7.68. The molecule has 0 spiro atoms. The summed E-state index contributed by atoms with van der Waals surface area (Å²) in [5.41, 5.74) is 0.508. The van der Waals surface area contributed by atoms with Crippen LogP contribution < -0.4 is 0 Å². The molecule has 2 aliphatic rings. The second-order valence-corrected chi connectivity index (χ2v) is 58.4. The smallest absolute Gasteiger partial charge is 0.462 e. The Morgan fingerprint density at radius 2 is 0.739 bits per heavy atom. The average Bonchev–Trinajstić information content (AvgIpc) is 3.53. The zero-order valence-electron chi connectivity index (χ0n) is 56.4. The van der Waals surface area contributed by atoms with Crippen LogP contribution in [0.2, 0.25) is 110 Å². The summed E-state index contributed by atoms with van der Waals surface area (Å²) in [4.78, 5) is 73.5. The Bertz CT molecular complexity index is 2460. The number of hydrogen-bond donors (Lipinski definition) is 1. The van der Waals surface area contributed by atoms with Gasteiger partial charge in [-0.15, -0.1) is 0 Å². The number of ketones is 1. The van der Waals surface area contributed by atoms with Gasteiger partial charge in [0.1, 0.15) is 5.71 Å². The summed E-state index contributed by atoms with van der Waals surface area (Å²) >= 11 is 0. The van der Waals surface area contributed by atoms with Crippen molar-refractivity contribution in [1.82, 2.24) is 0 Å². The molecule has 2 heterocycles. The second kappa shape index (κ2) is 33.1. The minimum absolute atomic E-state index is 0.0225. The van der Waals surface area contributed by atoms with E-state index in [1.165, 1.54) is 6.92 Å². The molecule has 8 unspecified atom stereocenters. The summed E-state index contributed by atoms with van der Waals surface area (Å²) in [6, 6.07) is 0.902. The van der Waals surface area contributed by atoms with Crippen molar-refractivity contribution in [1.29, 1.82) is 5.41 Å². The molecule has 8 atom stereocenters. The maximum atomic E-state index is 12.5. The Balaban J connectivity index is 2.70. The van der Waals surface area contributed by atoms with Gasteiger partial charge in [-0.1, -0.05) is 19.7 Å². The highest BCUT2D eigenvalue weighted by molar-refractivity contribution is 6.92. The van der Waals surface area contributed by atoms with Crippen molar-refractivity contribution in [2.75, 3.05) is 40.1 Å². The van der Waals surface area contributed by atoms with E-state index >= 15 is 0 Å². The van der Waals surface area contributed by atoms with Gasteiger partial charge in [-0.3, -0.25) is 10.2 Å². The number of Topliss-reactive ketones (excluding diaryl/α,β-unsaturated/α-hetero) is 1. The van der Waals surface area contributed by atoms with Crippen LogP contribution in [0.3, 0.4) is 0 Å². The number of nitrogens with one attached hydrogen (secondary N) is 1. The fourth-order valence-corrected chi connectivity index (χ4v) is 57.4. The van der Waals surface area contributed by atoms with E-state index in [4.69, 9.17) is 88.3 Å². The number of ether oxygens (including phenoxy) is 5. The first-order chi connectivity index (χ1) is 39.9. The van der Waals surface area contributed by atoms with Gasteiger partial charge in [0.05, 0.1) is 33.0 Å². The lowest BCUT2D eigenvalue weighted by atomic mass is 10.2. The molecule has 0 bridgehead atoms. The molecule has 0 amide bonds. The predicted molar refractivity (Wildman–Crippen MR) is 348 cm³/mol. The second-order valence-electron chi connectivity index (χ2n) is 25.1. The van der Waals surface area contributed by atoms with Crippen molar-refractivity contribution in [3.63, 3.8) is 0 Å². The van der Waals surface area contributed by atoms with Gasteiger partial charge in [0.15, 0.2) is 11.6 Å². The van der Waals surface area contributed by atoms with Gasteiger partial charge in [-0.25, -0.2) is 24.0 Å². The lowest BCUT2D eigenvalue weighted by Gasteiger charge is -2.52. The van der Waals surface area contributed by atoms with E-state index in [-0.39, 0.29) is 86.8 Å². The molecule has 1 N–H and O–H groups in total. The normalized spacial score (nSPS) is 28.2. The first-order valence-electron chi connectivity index (χ1n) is 29.4. The van der Waals surface area contributed by atoms with Crippen LogP contribution in [0.25, 0.3) is 0 Å². The van der Waals surface area contributed by atoms with E-state index < -0.39 is 134 Å². The number of hydrogen-bond acceptors (Lipinski definition) is 26. The lowest BCUT2D eigenvalue weighted by molar-refractivity contribution is -0.163. The van der Waals surface area contributed by atoms with Crippen molar-refractivity contribution in [3.8, 4) is 0 Å². The third-order valence-electron chi connectivity index (χ3n) is 12.7. The molecule has 2 saturated heterocycles. The van der Waals surface area contributed by atoms with E-state index in [9.17, 15) is 28.8 Å². The zero-order valence-corrected chi connectivity index (χ0v) is 66.4. The quantitative estimate of drug-likeness (QED) is 0.0116. The minimum atomic E-state index is -4.10. The van der Waals surface area contributed by atoms with Crippen molar-refractivity contribution >= 4 is 128 Å². The van der Waals surface area contributed by atoms with Crippen LogP contribution in [0.15, 0.2) is 36.5 Å². The largest absolute Gasteiger partial charge is 0.483 e. The molecule has 36 heteroatoms. The molecule has 0 saturated carbocycles. The number of esters is 5. The van der Waals surface area contributed by atoms with Gasteiger partial charge in [-0.05, 0) is 164 Å². The van der Waals surface area contributed by atoms with Crippen LogP contribution in [0.5, 0.6) is 0 Å². The summed E-state index contributed by atoms with van der Waals surface area (Å²) in [5.74, 6) is -7.10. The van der Waals surface area contributed by atoms with Crippen LogP contribution in [-0.4, -0.2) is 179 Å². The van der Waals surface area contributed by atoms with Gasteiger partial charge < -0.3 is 82.9 Å². The first-order valence-corrected chi connectivity index (χ1v) is 54.9. The van der Waals surface area contributed by atoms with Crippen LogP contribution in [0.4, 0.5) is 0 Å². The fourth-order valence-electron chi connectivity index (χ4n) is 10.1. The summed E-state index contributed by atoms with van der Waals surface area (Å²) in [7, 11) is -34.3. The number of carbonyl (C=O) groups is 6. The molecule has 0 aliphatic carbocycles. The topological polar surface area (TPSA) is 302 Å². The van der Waals surface area contributed by atoms with Gasteiger partial charge in [-0.2, -0.15) is 0 Å². The van der Waals surface area contributed by atoms with E-state index in [2.05, 4.69) is 19.7 Å². The highest BCUT2D eigenvalue weighted by atomic mass is 28.5. The summed E-state index contributed by atoms with van der Waals surface area (Å²) in [6.45, 7) is 47.2. The SMILES string of the molecule is C=C(C)C(=O)OCCCC1(C)O[Si](C)(CCCOC(=O)C(=C)C)O[Si](C)(O[Si](C)(C)OC)O[Si](C)(O[Si](C)(C)O[Si](C)(C)O[Si](C)(C)O[Si]2(C)OC(C)(CCCOC(=O)C(C)=O)O[Si](C)(CCCOC(=O)C(C)=N)O[Si](C)(CCCOC(=O)C(=C)C)O2)O1. The molecule has 2 rings (SSSR count). The van der Waals surface area contributed by atoms with Crippen LogP contribution in [0.1, 0.15) is 93.4 Å². The lowest BCUT2D eigenvalue weighted by Crippen LogP contribution is -2.71. The molecule has 0 radical (unpaired) electrons. The first kappa shape index (κ1) is 81.6. The molecular formula is C52H103NO25Si10. The van der Waals surface area contributed by atoms with E-state index in [0.717, 1.165) is 6.92 Å². The van der Waals surface area contributed by atoms with Gasteiger partial charge >= 0.3 is 116 Å². The summed E-state index contributed by atoms with van der Waals surface area (Å²) < 4.78 is 125.